The van der Waals surface area contributed by atoms with Crippen LogP contribution in [0.25, 0.3) is 11.5 Å². The molecule has 0 aliphatic heterocycles. The lowest BCUT2D eigenvalue weighted by molar-refractivity contribution is -0.145. The summed E-state index contributed by atoms with van der Waals surface area (Å²) in [7, 11) is 1.59. The van der Waals surface area contributed by atoms with E-state index in [4.69, 9.17) is 14.0 Å². The fraction of sp³-hybridized carbons (Fsp3) is 0.250. The van der Waals surface area contributed by atoms with Crippen LogP contribution in [0.3, 0.4) is 0 Å². The standard InChI is InChI=1S/C20H19FN2O4/c1-13(14-3-7-16(21)8-4-14)11-19(24)26-12-18-22-20(27-23-18)15-5-9-17(25-2)10-6-15/h3-10,13H,11-12H2,1-2H3. The predicted molar refractivity (Wildman–Crippen MR) is 95.5 cm³/mol. The topological polar surface area (TPSA) is 74.5 Å². The number of carbonyl (C=O) groups excluding carboxylic acids is 1. The normalized spacial score (nSPS) is 11.8. The Morgan fingerprint density at radius 3 is 2.52 bits per heavy atom. The van der Waals surface area contributed by atoms with E-state index in [9.17, 15) is 9.18 Å². The number of rotatable bonds is 7. The highest BCUT2D eigenvalue weighted by Gasteiger charge is 2.15. The van der Waals surface area contributed by atoms with Crippen molar-refractivity contribution in [1.82, 2.24) is 10.1 Å². The number of halogens is 1. The van der Waals surface area contributed by atoms with Gasteiger partial charge in [0.2, 0.25) is 5.82 Å². The van der Waals surface area contributed by atoms with Crippen molar-refractivity contribution in [1.29, 1.82) is 0 Å². The van der Waals surface area contributed by atoms with Crippen molar-refractivity contribution in [3.63, 3.8) is 0 Å². The first-order valence-electron chi connectivity index (χ1n) is 8.43. The van der Waals surface area contributed by atoms with Gasteiger partial charge in [0.1, 0.15) is 11.6 Å². The van der Waals surface area contributed by atoms with Gasteiger partial charge in [-0.1, -0.05) is 24.2 Å². The Kier molecular flexibility index (Phi) is 5.80. The van der Waals surface area contributed by atoms with E-state index in [0.29, 0.717) is 5.89 Å². The number of benzene rings is 2. The number of hydrogen-bond donors (Lipinski definition) is 0. The van der Waals surface area contributed by atoms with Gasteiger partial charge < -0.3 is 14.0 Å². The van der Waals surface area contributed by atoms with Crippen LogP contribution in [0.2, 0.25) is 0 Å². The zero-order valence-corrected chi connectivity index (χ0v) is 15.0. The molecular formula is C20H19FN2O4. The minimum absolute atomic E-state index is 0.0748. The number of nitrogens with zero attached hydrogens (tertiary/aromatic N) is 2. The number of hydrogen-bond acceptors (Lipinski definition) is 6. The number of ether oxygens (including phenoxy) is 2. The summed E-state index contributed by atoms with van der Waals surface area (Å²) in [4.78, 5) is 16.2. The third-order valence-corrected chi connectivity index (χ3v) is 4.08. The number of esters is 1. The number of carbonyl (C=O) groups is 1. The zero-order valence-electron chi connectivity index (χ0n) is 15.0. The van der Waals surface area contributed by atoms with Gasteiger partial charge in [0, 0.05) is 5.56 Å². The molecule has 0 radical (unpaired) electrons. The maximum atomic E-state index is 13.0. The smallest absolute Gasteiger partial charge is 0.306 e. The molecule has 140 valence electrons. The second-order valence-corrected chi connectivity index (χ2v) is 6.06. The van der Waals surface area contributed by atoms with E-state index in [0.717, 1.165) is 16.9 Å². The van der Waals surface area contributed by atoms with Crippen molar-refractivity contribution in [2.75, 3.05) is 7.11 Å². The second-order valence-electron chi connectivity index (χ2n) is 6.06. The minimum atomic E-state index is -0.386. The second kappa shape index (κ2) is 8.44. The number of aromatic nitrogens is 2. The van der Waals surface area contributed by atoms with Crippen LogP contribution in [0.4, 0.5) is 4.39 Å². The molecule has 0 aliphatic rings. The van der Waals surface area contributed by atoms with Crippen molar-refractivity contribution in [3.8, 4) is 17.2 Å². The lowest BCUT2D eigenvalue weighted by Gasteiger charge is -2.10. The highest BCUT2D eigenvalue weighted by atomic mass is 19.1. The Balaban J connectivity index is 1.53. The monoisotopic (exact) mass is 370 g/mol. The maximum Gasteiger partial charge on any atom is 0.306 e. The summed E-state index contributed by atoms with van der Waals surface area (Å²) in [6, 6.07) is 13.2. The molecule has 27 heavy (non-hydrogen) atoms. The molecule has 0 spiro atoms. The Bertz CT molecular complexity index is 891. The summed E-state index contributed by atoms with van der Waals surface area (Å²) < 4.78 is 28.5. The molecule has 1 aromatic heterocycles. The lowest BCUT2D eigenvalue weighted by atomic mass is 9.98. The summed E-state index contributed by atoms with van der Waals surface area (Å²) in [5.74, 6) is 0.564. The molecular weight excluding hydrogens is 351 g/mol. The van der Waals surface area contributed by atoms with Crippen molar-refractivity contribution in [2.45, 2.75) is 25.9 Å². The summed E-state index contributed by atoms with van der Waals surface area (Å²) in [5.41, 5.74) is 1.61. The summed E-state index contributed by atoms with van der Waals surface area (Å²) in [6.45, 7) is 1.80. The molecule has 1 atom stereocenters. The predicted octanol–water partition coefficient (Wildman–Crippen LogP) is 4.12. The molecule has 2 aromatic carbocycles. The zero-order chi connectivity index (χ0) is 19.2. The average Bonchev–Trinajstić information content (AvgIpc) is 3.16. The van der Waals surface area contributed by atoms with Crippen molar-refractivity contribution in [3.05, 3.63) is 65.7 Å². The SMILES string of the molecule is COc1ccc(-c2nc(COC(=O)CC(C)c3ccc(F)cc3)no2)cc1. The van der Waals surface area contributed by atoms with E-state index in [2.05, 4.69) is 10.1 Å². The maximum absolute atomic E-state index is 13.0. The van der Waals surface area contributed by atoms with Gasteiger partial charge in [0.15, 0.2) is 6.61 Å². The van der Waals surface area contributed by atoms with Crippen LogP contribution in [0.15, 0.2) is 53.1 Å². The van der Waals surface area contributed by atoms with Gasteiger partial charge >= 0.3 is 5.97 Å². The molecule has 7 heteroatoms. The molecule has 0 saturated carbocycles. The van der Waals surface area contributed by atoms with E-state index >= 15 is 0 Å². The number of methoxy groups -OCH3 is 1. The van der Waals surface area contributed by atoms with E-state index in [1.165, 1.54) is 12.1 Å². The van der Waals surface area contributed by atoms with Crippen LogP contribution < -0.4 is 4.74 Å². The average molecular weight is 370 g/mol. The summed E-state index contributed by atoms with van der Waals surface area (Å²) in [5, 5.41) is 3.82. The first-order valence-corrected chi connectivity index (χ1v) is 8.43. The lowest BCUT2D eigenvalue weighted by Crippen LogP contribution is -2.09. The molecule has 0 saturated heterocycles. The highest BCUT2D eigenvalue weighted by molar-refractivity contribution is 5.70. The molecule has 6 nitrogen and oxygen atoms in total. The van der Waals surface area contributed by atoms with E-state index < -0.39 is 0 Å². The third-order valence-electron chi connectivity index (χ3n) is 4.08. The quantitative estimate of drug-likeness (QED) is 0.583. The van der Waals surface area contributed by atoms with Crippen LogP contribution in [-0.4, -0.2) is 23.2 Å². The molecule has 1 unspecified atom stereocenters. The van der Waals surface area contributed by atoms with Gasteiger partial charge in [0.05, 0.1) is 13.5 Å². The fourth-order valence-corrected chi connectivity index (χ4v) is 2.53. The van der Waals surface area contributed by atoms with Crippen LogP contribution >= 0.6 is 0 Å². The van der Waals surface area contributed by atoms with Gasteiger partial charge in [-0.3, -0.25) is 4.79 Å². The minimum Gasteiger partial charge on any atom is -0.497 e. The van der Waals surface area contributed by atoms with Crippen LogP contribution in [0.1, 0.15) is 30.7 Å². The Morgan fingerprint density at radius 1 is 1.15 bits per heavy atom. The highest BCUT2D eigenvalue weighted by Crippen LogP contribution is 2.22. The molecule has 3 rings (SSSR count). The Hall–Kier alpha value is -3.22. The van der Waals surface area contributed by atoms with E-state index in [1.807, 2.05) is 6.92 Å². The molecule has 0 amide bonds. The summed E-state index contributed by atoms with van der Waals surface area (Å²) >= 11 is 0. The van der Waals surface area contributed by atoms with Crippen LogP contribution in [0, 0.1) is 5.82 Å². The van der Waals surface area contributed by atoms with Crippen molar-refractivity contribution in [2.24, 2.45) is 0 Å². The molecule has 1 heterocycles. The van der Waals surface area contributed by atoms with Gasteiger partial charge in [-0.15, -0.1) is 0 Å². The Morgan fingerprint density at radius 2 is 1.85 bits per heavy atom. The van der Waals surface area contributed by atoms with Crippen molar-refractivity contribution < 1.29 is 23.2 Å². The molecule has 0 N–H and O–H groups in total. The van der Waals surface area contributed by atoms with Crippen LogP contribution in [0.5, 0.6) is 5.75 Å². The fourth-order valence-electron chi connectivity index (χ4n) is 2.53. The first kappa shape index (κ1) is 18.6. The van der Waals surface area contributed by atoms with Crippen molar-refractivity contribution >= 4 is 5.97 Å². The van der Waals surface area contributed by atoms with Gasteiger partial charge in [-0.25, -0.2) is 4.39 Å². The third kappa shape index (κ3) is 4.91. The van der Waals surface area contributed by atoms with Gasteiger partial charge in [0.25, 0.3) is 5.89 Å². The van der Waals surface area contributed by atoms with Gasteiger partial charge in [-0.05, 0) is 47.9 Å². The van der Waals surface area contributed by atoms with Gasteiger partial charge in [-0.2, -0.15) is 4.98 Å². The molecule has 0 fully saturated rings. The first-order chi connectivity index (χ1) is 13.0. The van der Waals surface area contributed by atoms with E-state index in [-0.39, 0.29) is 36.6 Å². The molecule has 3 aromatic rings. The largest absolute Gasteiger partial charge is 0.497 e. The molecule has 0 aliphatic carbocycles. The molecule has 0 bridgehead atoms. The van der Waals surface area contributed by atoms with E-state index in [1.54, 1.807) is 43.5 Å². The summed E-state index contributed by atoms with van der Waals surface area (Å²) in [6.07, 6.45) is 0.175. The van der Waals surface area contributed by atoms with Crippen LogP contribution in [-0.2, 0) is 16.1 Å². The Labute approximate surface area is 155 Å².